The van der Waals surface area contributed by atoms with E-state index in [0.29, 0.717) is 16.5 Å². The van der Waals surface area contributed by atoms with Gasteiger partial charge in [0.2, 0.25) is 4.96 Å². The van der Waals surface area contributed by atoms with Gasteiger partial charge in [-0.15, -0.1) is 5.10 Å². The molecule has 3 aromatic rings. The number of fused-ring (bicyclic) bond motifs is 1. The number of benzene rings is 1. The number of carboxylic acids is 1. The molecule has 2 heterocycles. The SMILES string of the molecule is Cc1ccccc1-c1nc2sc(C(=O)O)c(C)n2n1. The first-order valence-electron chi connectivity index (χ1n) is 5.73. The Bertz CT molecular complexity index is 788. The standard InChI is InChI=1S/C13H11N3O2S/c1-7-5-3-4-6-9(7)11-14-13-16(15-11)8(2)10(19-13)12(17)18/h3-6H,1-2H3,(H,17,18). The summed E-state index contributed by atoms with van der Waals surface area (Å²) in [5, 5.41) is 13.5. The van der Waals surface area contributed by atoms with E-state index in [0.717, 1.165) is 22.5 Å². The number of carbonyl (C=O) groups is 1. The van der Waals surface area contributed by atoms with E-state index < -0.39 is 5.97 Å². The first-order valence-corrected chi connectivity index (χ1v) is 6.55. The van der Waals surface area contributed by atoms with Gasteiger partial charge >= 0.3 is 5.97 Å². The summed E-state index contributed by atoms with van der Waals surface area (Å²) in [6.07, 6.45) is 0. The van der Waals surface area contributed by atoms with E-state index >= 15 is 0 Å². The zero-order valence-electron chi connectivity index (χ0n) is 10.4. The lowest BCUT2D eigenvalue weighted by molar-refractivity contribution is 0.0701. The predicted molar refractivity (Wildman–Crippen MR) is 72.7 cm³/mol. The highest BCUT2D eigenvalue weighted by Crippen LogP contribution is 2.26. The second-order valence-corrected chi connectivity index (χ2v) is 5.24. The summed E-state index contributed by atoms with van der Waals surface area (Å²) in [7, 11) is 0. The number of aryl methyl sites for hydroxylation is 2. The van der Waals surface area contributed by atoms with Crippen LogP contribution in [-0.2, 0) is 0 Å². The molecule has 3 rings (SSSR count). The van der Waals surface area contributed by atoms with Gasteiger partial charge in [0, 0.05) is 5.56 Å². The van der Waals surface area contributed by atoms with Crippen LogP contribution in [0.4, 0.5) is 0 Å². The Morgan fingerprint density at radius 1 is 1.32 bits per heavy atom. The topological polar surface area (TPSA) is 67.5 Å². The molecule has 0 bridgehead atoms. The number of aromatic nitrogens is 3. The van der Waals surface area contributed by atoms with Gasteiger partial charge < -0.3 is 5.11 Å². The molecular formula is C13H11N3O2S. The molecule has 5 nitrogen and oxygen atoms in total. The van der Waals surface area contributed by atoms with Crippen LogP contribution in [0.25, 0.3) is 16.3 Å². The van der Waals surface area contributed by atoms with Crippen LogP contribution in [0.15, 0.2) is 24.3 Å². The number of rotatable bonds is 2. The van der Waals surface area contributed by atoms with Gasteiger partial charge in [-0.25, -0.2) is 9.31 Å². The molecule has 2 aromatic heterocycles. The molecule has 0 aliphatic heterocycles. The highest BCUT2D eigenvalue weighted by atomic mass is 32.1. The minimum absolute atomic E-state index is 0.284. The Hall–Kier alpha value is -2.21. The zero-order chi connectivity index (χ0) is 13.6. The van der Waals surface area contributed by atoms with Crippen molar-refractivity contribution in [2.24, 2.45) is 0 Å². The fourth-order valence-corrected chi connectivity index (χ4v) is 2.88. The van der Waals surface area contributed by atoms with Crippen molar-refractivity contribution in [3.8, 4) is 11.4 Å². The quantitative estimate of drug-likeness (QED) is 0.779. The number of aromatic carboxylic acids is 1. The molecule has 0 spiro atoms. The molecule has 0 saturated carbocycles. The third kappa shape index (κ3) is 1.80. The zero-order valence-corrected chi connectivity index (χ0v) is 11.2. The number of thiazole rings is 1. The lowest BCUT2D eigenvalue weighted by Crippen LogP contribution is -1.98. The second-order valence-electron chi connectivity index (χ2n) is 4.27. The van der Waals surface area contributed by atoms with Crippen LogP contribution in [0.5, 0.6) is 0 Å². The summed E-state index contributed by atoms with van der Waals surface area (Å²) in [5.41, 5.74) is 2.67. The molecule has 0 radical (unpaired) electrons. The van der Waals surface area contributed by atoms with Crippen molar-refractivity contribution in [3.63, 3.8) is 0 Å². The molecule has 0 aliphatic carbocycles. The molecule has 0 amide bonds. The van der Waals surface area contributed by atoms with E-state index in [1.807, 2.05) is 31.2 Å². The highest BCUT2D eigenvalue weighted by molar-refractivity contribution is 7.18. The third-order valence-corrected chi connectivity index (χ3v) is 4.12. The van der Waals surface area contributed by atoms with Crippen LogP contribution in [0.2, 0.25) is 0 Å². The van der Waals surface area contributed by atoms with Crippen LogP contribution in [0.1, 0.15) is 20.9 Å². The molecule has 1 N–H and O–H groups in total. The fraction of sp³-hybridized carbons (Fsp3) is 0.154. The van der Waals surface area contributed by atoms with Crippen molar-refractivity contribution in [2.75, 3.05) is 0 Å². The number of hydrogen-bond donors (Lipinski definition) is 1. The van der Waals surface area contributed by atoms with E-state index in [-0.39, 0.29) is 4.88 Å². The first kappa shape index (κ1) is 11.9. The molecule has 0 fully saturated rings. The van der Waals surface area contributed by atoms with Gasteiger partial charge in [0.15, 0.2) is 5.82 Å². The van der Waals surface area contributed by atoms with Gasteiger partial charge in [0.05, 0.1) is 5.69 Å². The van der Waals surface area contributed by atoms with Gasteiger partial charge in [-0.05, 0) is 19.4 Å². The Morgan fingerprint density at radius 2 is 2.05 bits per heavy atom. The average Bonchev–Trinajstić information content (AvgIpc) is 2.90. The smallest absolute Gasteiger partial charge is 0.347 e. The maximum absolute atomic E-state index is 11.0. The summed E-state index contributed by atoms with van der Waals surface area (Å²) < 4.78 is 1.59. The van der Waals surface area contributed by atoms with Crippen LogP contribution in [-0.4, -0.2) is 25.7 Å². The van der Waals surface area contributed by atoms with Crippen molar-refractivity contribution in [1.29, 1.82) is 0 Å². The monoisotopic (exact) mass is 273 g/mol. The largest absolute Gasteiger partial charge is 0.477 e. The molecule has 96 valence electrons. The lowest BCUT2D eigenvalue weighted by atomic mass is 10.1. The van der Waals surface area contributed by atoms with E-state index in [1.54, 1.807) is 11.4 Å². The van der Waals surface area contributed by atoms with E-state index in [1.165, 1.54) is 0 Å². The van der Waals surface area contributed by atoms with Gasteiger partial charge in [-0.3, -0.25) is 0 Å². The molecule has 0 saturated heterocycles. The van der Waals surface area contributed by atoms with Crippen LogP contribution in [0.3, 0.4) is 0 Å². The summed E-state index contributed by atoms with van der Waals surface area (Å²) >= 11 is 1.14. The van der Waals surface area contributed by atoms with Crippen LogP contribution >= 0.6 is 11.3 Å². The Balaban J connectivity index is 2.19. The number of hydrogen-bond acceptors (Lipinski definition) is 4. The summed E-state index contributed by atoms with van der Waals surface area (Å²) in [5.74, 6) is -0.309. The van der Waals surface area contributed by atoms with Crippen molar-refractivity contribution in [1.82, 2.24) is 14.6 Å². The van der Waals surface area contributed by atoms with Gasteiger partial charge in [0.1, 0.15) is 4.88 Å². The van der Waals surface area contributed by atoms with E-state index in [2.05, 4.69) is 10.1 Å². The summed E-state index contributed by atoms with van der Waals surface area (Å²) in [6, 6.07) is 7.86. The first-order chi connectivity index (χ1) is 9.08. The highest BCUT2D eigenvalue weighted by Gasteiger charge is 2.18. The van der Waals surface area contributed by atoms with Crippen LogP contribution < -0.4 is 0 Å². The van der Waals surface area contributed by atoms with E-state index in [4.69, 9.17) is 5.11 Å². The molecule has 0 atom stereocenters. The number of nitrogens with zero attached hydrogens (tertiary/aromatic N) is 3. The van der Waals surface area contributed by atoms with E-state index in [9.17, 15) is 4.79 Å². The Labute approximate surface area is 113 Å². The van der Waals surface area contributed by atoms with Gasteiger partial charge in [0.25, 0.3) is 0 Å². The van der Waals surface area contributed by atoms with Crippen molar-refractivity contribution in [3.05, 3.63) is 40.4 Å². The molecular weight excluding hydrogens is 262 g/mol. The molecule has 0 aliphatic rings. The Kier molecular flexibility index (Phi) is 2.60. The maximum atomic E-state index is 11.0. The van der Waals surface area contributed by atoms with Crippen molar-refractivity contribution >= 4 is 22.3 Å². The summed E-state index contributed by atoms with van der Waals surface area (Å²) in [4.78, 5) is 16.3. The van der Waals surface area contributed by atoms with Crippen molar-refractivity contribution in [2.45, 2.75) is 13.8 Å². The normalized spacial score (nSPS) is 11.1. The maximum Gasteiger partial charge on any atom is 0.347 e. The van der Waals surface area contributed by atoms with Crippen LogP contribution in [0, 0.1) is 13.8 Å². The molecule has 0 unspecified atom stereocenters. The minimum atomic E-state index is -0.938. The summed E-state index contributed by atoms with van der Waals surface area (Å²) in [6.45, 7) is 3.74. The molecule has 1 aromatic carbocycles. The number of carboxylic acid groups (broad SMARTS) is 1. The molecule has 19 heavy (non-hydrogen) atoms. The minimum Gasteiger partial charge on any atom is -0.477 e. The molecule has 6 heteroatoms. The Morgan fingerprint density at radius 3 is 2.68 bits per heavy atom. The predicted octanol–water partition coefficient (Wildman–Crippen LogP) is 2.77. The second kappa shape index (κ2) is 4.17. The lowest BCUT2D eigenvalue weighted by Gasteiger charge is -1.99. The van der Waals surface area contributed by atoms with Gasteiger partial charge in [-0.1, -0.05) is 35.6 Å². The fourth-order valence-electron chi connectivity index (χ4n) is 1.98. The van der Waals surface area contributed by atoms with Crippen molar-refractivity contribution < 1.29 is 9.90 Å². The third-order valence-electron chi connectivity index (χ3n) is 3.00. The average molecular weight is 273 g/mol. The van der Waals surface area contributed by atoms with Gasteiger partial charge in [-0.2, -0.15) is 4.98 Å².